The van der Waals surface area contributed by atoms with Gasteiger partial charge < -0.3 is 9.73 Å². The number of hydrogen-bond donors (Lipinski definition) is 1. The van der Waals surface area contributed by atoms with Crippen molar-refractivity contribution in [3.8, 4) is 0 Å². The molecular weight excluding hydrogens is 194 g/mol. The van der Waals surface area contributed by atoms with Gasteiger partial charge in [0.05, 0.1) is 12.5 Å². The maximum atomic E-state index is 4.98. The molecule has 0 unspecified atom stereocenters. The van der Waals surface area contributed by atoms with E-state index in [4.69, 9.17) is 4.42 Å². The van der Waals surface area contributed by atoms with E-state index in [9.17, 15) is 0 Å². The van der Waals surface area contributed by atoms with Crippen LogP contribution in [0.5, 0.6) is 0 Å². The second kappa shape index (κ2) is 4.98. The molecule has 0 aliphatic heterocycles. The highest BCUT2D eigenvalue weighted by Gasteiger charge is 1.94. The van der Waals surface area contributed by atoms with Gasteiger partial charge in [0.25, 0.3) is 0 Å². The van der Waals surface area contributed by atoms with Gasteiger partial charge >= 0.3 is 0 Å². The zero-order valence-corrected chi connectivity index (χ0v) is 8.72. The van der Waals surface area contributed by atoms with Gasteiger partial charge in [0.2, 0.25) is 0 Å². The van der Waals surface area contributed by atoms with E-state index in [2.05, 4.69) is 22.1 Å². The summed E-state index contributed by atoms with van der Waals surface area (Å²) in [5, 5.41) is 7.68. The van der Waals surface area contributed by atoms with E-state index in [0.717, 1.165) is 19.5 Å². The van der Waals surface area contributed by atoms with Crippen LogP contribution in [0.1, 0.15) is 11.1 Å². The third-order valence-electron chi connectivity index (χ3n) is 2.08. The molecule has 3 heteroatoms. The molecule has 0 aromatic carbocycles. The Hall–Kier alpha value is -1.06. The van der Waals surface area contributed by atoms with E-state index < -0.39 is 0 Å². The lowest BCUT2D eigenvalue weighted by Crippen LogP contribution is -2.15. The topological polar surface area (TPSA) is 25.2 Å². The molecule has 14 heavy (non-hydrogen) atoms. The fourth-order valence-electron chi connectivity index (χ4n) is 1.29. The molecule has 0 aliphatic rings. The highest BCUT2D eigenvalue weighted by molar-refractivity contribution is 7.07. The molecule has 2 heterocycles. The Balaban J connectivity index is 1.65. The van der Waals surface area contributed by atoms with Gasteiger partial charge in [-0.15, -0.1) is 0 Å². The van der Waals surface area contributed by atoms with Gasteiger partial charge in [-0.1, -0.05) is 0 Å². The number of furan rings is 1. The third-order valence-corrected chi connectivity index (χ3v) is 2.81. The molecule has 0 atom stereocenters. The lowest BCUT2D eigenvalue weighted by atomic mass is 10.2. The van der Waals surface area contributed by atoms with Crippen molar-refractivity contribution in [1.82, 2.24) is 5.32 Å². The van der Waals surface area contributed by atoms with Crippen LogP contribution in [0.4, 0.5) is 0 Å². The second-order valence-electron chi connectivity index (χ2n) is 3.19. The number of hydrogen-bond acceptors (Lipinski definition) is 3. The Bertz CT molecular complexity index is 303. The minimum atomic E-state index is 0.890. The number of nitrogens with one attached hydrogen (secondary N) is 1. The van der Waals surface area contributed by atoms with E-state index in [1.807, 2.05) is 6.07 Å². The lowest BCUT2D eigenvalue weighted by molar-refractivity contribution is 0.560. The van der Waals surface area contributed by atoms with E-state index in [-0.39, 0.29) is 0 Å². The first-order chi connectivity index (χ1) is 6.95. The van der Waals surface area contributed by atoms with Gasteiger partial charge in [0.1, 0.15) is 0 Å². The Morgan fingerprint density at radius 3 is 3.00 bits per heavy atom. The average Bonchev–Trinajstić information content (AvgIpc) is 2.86. The molecule has 0 amide bonds. The Morgan fingerprint density at radius 2 is 2.29 bits per heavy atom. The van der Waals surface area contributed by atoms with Crippen molar-refractivity contribution in [1.29, 1.82) is 0 Å². The minimum absolute atomic E-state index is 0.890. The molecule has 0 saturated carbocycles. The van der Waals surface area contributed by atoms with Crippen LogP contribution in [0.25, 0.3) is 0 Å². The first-order valence-electron chi connectivity index (χ1n) is 4.68. The molecule has 1 N–H and O–H groups in total. The molecule has 0 aliphatic carbocycles. The van der Waals surface area contributed by atoms with E-state index in [1.54, 1.807) is 23.9 Å². The van der Waals surface area contributed by atoms with Gasteiger partial charge in [-0.05, 0) is 41.4 Å². The molecule has 2 aromatic heterocycles. The van der Waals surface area contributed by atoms with Gasteiger partial charge in [-0.25, -0.2) is 0 Å². The van der Waals surface area contributed by atoms with Gasteiger partial charge in [0, 0.05) is 12.1 Å². The first-order valence-corrected chi connectivity index (χ1v) is 5.62. The summed E-state index contributed by atoms with van der Waals surface area (Å²) in [5.74, 6) is 0. The molecule has 0 spiro atoms. The van der Waals surface area contributed by atoms with Gasteiger partial charge in [0.15, 0.2) is 0 Å². The van der Waals surface area contributed by atoms with Gasteiger partial charge in [-0.3, -0.25) is 0 Å². The van der Waals surface area contributed by atoms with Crippen LogP contribution in [0.3, 0.4) is 0 Å². The summed E-state index contributed by atoms with van der Waals surface area (Å²) in [7, 11) is 0. The van der Waals surface area contributed by atoms with Crippen LogP contribution in [-0.2, 0) is 13.0 Å². The fraction of sp³-hybridized carbons (Fsp3) is 0.273. The highest BCUT2D eigenvalue weighted by atomic mass is 32.1. The molecule has 2 rings (SSSR count). The van der Waals surface area contributed by atoms with Gasteiger partial charge in [-0.2, -0.15) is 11.3 Å². The fourth-order valence-corrected chi connectivity index (χ4v) is 2.00. The first kappa shape index (κ1) is 9.49. The highest BCUT2D eigenvalue weighted by Crippen LogP contribution is 2.06. The van der Waals surface area contributed by atoms with Crippen LogP contribution in [0, 0.1) is 0 Å². The van der Waals surface area contributed by atoms with Crippen molar-refractivity contribution < 1.29 is 4.42 Å². The monoisotopic (exact) mass is 207 g/mol. The van der Waals surface area contributed by atoms with Crippen LogP contribution >= 0.6 is 11.3 Å². The smallest absolute Gasteiger partial charge is 0.0947 e. The molecule has 74 valence electrons. The van der Waals surface area contributed by atoms with Crippen molar-refractivity contribution in [2.45, 2.75) is 13.0 Å². The van der Waals surface area contributed by atoms with E-state index >= 15 is 0 Å². The molecular formula is C11H13NOS. The van der Waals surface area contributed by atoms with Crippen LogP contribution < -0.4 is 5.32 Å². The molecule has 2 aromatic rings. The number of rotatable bonds is 5. The normalized spacial score (nSPS) is 10.6. The lowest BCUT2D eigenvalue weighted by Gasteiger charge is -2.00. The van der Waals surface area contributed by atoms with Crippen LogP contribution in [0.15, 0.2) is 39.8 Å². The van der Waals surface area contributed by atoms with Crippen LogP contribution in [0.2, 0.25) is 0 Å². The maximum Gasteiger partial charge on any atom is 0.0947 e. The minimum Gasteiger partial charge on any atom is -0.472 e. The summed E-state index contributed by atoms with van der Waals surface area (Å²) in [6.07, 6.45) is 4.58. The second-order valence-corrected chi connectivity index (χ2v) is 3.97. The Labute approximate surface area is 87.6 Å². The quantitative estimate of drug-likeness (QED) is 0.762. The number of thiophene rings is 1. The summed E-state index contributed by atoms with van der Waals surface area (Å²) in [5.41, 5.74) is 2.62. The summed E-state index contributed by atoms with van der Waals surface area (Å²) in [4.78, 5) is 0. The Morgan fingerprint density at radius 1 is 1.29 bits per heavy atom. The largest absolute Gasteiger partial charge is 0.472 e. The molecule has 0 fully saturated rings. The van der Waals surface area contributed by atoms with Crippen LogP contribution in [-0.4, -0.2) is 6.54 Å². The molecule has 0 bridgehead atoms. The van der Waals surface area contributed by atoms with Crippen molar-refractivity contribution in [3.63, 3.8) is 0 Å². The van der Waals surface area contributed by atoms with E-state index in [0.29, 0.717) is 0 Å². The molecule has 0 saturated heterocycles. The summed E-state index contributed by atoms with van der Waals surface area (Å²) < 4.78 is 4.98. The predicted octanol–water partition coefficient (Wildman–Crippen LogP) is 2.67. The van der Waals surface area contributed by atoms with E-state index in [1.165, 1.54) is 11.1 Å². The Kier molecular flexibility index (Phi) is 3.38. The SMILES string of the molecule is c1cc(CNCCc2ccsc2)co1. The summed E-state index contributed by atoms with van der Waals surface area (Å²) >= 11 is 1.75. The van der Waals surface area contributed by atoms with Crippen molar-refractivity contribution in [2.75, 3.05) is 6.54 Å². The molecule has 0 radical (unpaired) electrons. The molecule has 2 nitrogen and oxygen atoms in total. The predicted molar refractivity (Wildman–Crippen MR) is 58.4 cm³/mol. The summed E-state index contributed by atoms with van der Waals surface area (Å²) in [6.45, 7) is 1.91. The maximum absolute atomic E-state index is 4.98. The van der Waals surface area contributed by atoms with Crippen molar-refractivity contribution in [2.24, 2.45) is 0 Å². The average molecular weight is 207 g/mol. The zero-order valence-electron chi connectivity index (χ0n) is 7.90. The third kappa shape index (κ3) is 2.72. The van der Waals surface area contributed by atoms with Crippen molar-refractivity contribution in [3.05, 3.63) is 46.5 Å². The summed E-state index contributed by atoms with van der Waals surface area (Å²) in [6, 6.07) is 4.15. The zero-order chi connectivity index (χ0) is 9.64. The standard InChI is InChI=1S/C11H13NOS/c1(10-3-6-14-9-10)4-12-7-11-2-5-13-8-11/h2-3,5-6,8-9,12H,1,4,7H2. The van der Waals surface area contributed by atoms with Crippen molar-refractivity contribution >= 4 is 11.3 Å².